The van der Waals surface area contributed by atoms with Gasteiger partial charge in [-0.1, -0.05) is 32.0 Å². The van der Waals surface area contributed by atoms with Gasteiger partial charge in [0, 0.05) is 5.56 Å². The predicted molar refractivity (Wildman–Crippen MR) is 84.6 cm³/mol. The summed E-state index contributed by atoms with van der Waals surface area (Å²) >= 11 is 0. The highest BCUT2D eigenvalue weighted by Gasteiger charge is 2.27. The molecule has 0 aromatic heterocycles. The maximum atomic E-state index is 10.4. The predicted octanol–water partition coefficient (Wildman–Crippen LogP) is 4.10. The second kappa shape index (κ2) is 7.28. The van der Waals surface area contributed by atoms with Crippen LogP contribution in [0.5, 0.6) is 5.75 Å². The van der Waals surface area contributed by atoms with E-state index in [9.17, 15) is 5.11 Å². The van der Waals surface area contributed by atoms with Gasteiger partial charge in [0.1, 0.15) is 11.9 Å². The highest BCUT2D eigenvalue weighted by molar-refractivity contribution is 5.35. The average molecular weight is 292 g/mol. The normalized spacial score (nSPS) is 20.2. The topological polar surface area (TPSA) is 38.7 Å². The molecule has 0 spiro atoms. The maximum absolute atomic E-state index is 10.4. The Morgan fingerprint density at radius 3 is 2.57 bits per heavy atom. The summed E-state index contributed by atoms with van der Waals surface area (Å²) in [7, 11) is 0. The molecule has 3 nitrogen and oxygen atoms in total. The minimum atomic E-state index is -0.623. The van der Waals surface area contributed by atoms with E-state index in [1.807, 2.05) is 31.2 Å². The Hall–Kier alpha value is -1.06. The molecule has 1 aliphatic rings. The van der Waals surface area contributed by atoms with Crippen molar-refractivity contribution in [2.24, 2.45) is 5.41 Å². The largest absolute Gasteiger partial charge is 0.493 e. The lowest BCUT2D eigenvalue weighted by Gasteiger charge is -2.34. The molecule has 0 heterocycles. The molecule has 1 unspecified atom stereocenters. The van der Waals surface area contributed by atoms with Gasteiger partial charge < -0.3 is 14.6 Å². The van der Waals surface area contributed by atoms with Crippen molar-refractivity contribution < 1.29 is 14.6 Å². The first-order valence-corrected chi connectivity index (χ1v) is 8.03. The van der Waals surface area contributed by atoms with Gasteiger partial charge in [-0.25, -0.2) is 0 Å². The van der Waals surface area contributed by atoms with Gasteiger partial charge in [0.15, 0.2) is 0 Å². The Balaban J connectivity index is 1.86. The van der Waals surface area contributed by atoms with Crippen LogP contribution in [0.25, 0.3) is 0 Å². The first-order valence-electron chi connectivity index (χ1n) is 8.03. The van der Waals surface area contributed by atoms with Gasteiger partial charge in [0.05, 0.1) is 19.3 Å². The summed E-state index contributed by atoms with van der Waals surface area (Å²) in [5.74, 6) is 0.751. The Bertz CT molecular complexity index is 432. The van der Waals surface area contributed by atoms with E-state index in [-0.39, 0.29) is 6.10 Å². The zero-order chi connectivity index (χ0) is 15.3. The smallest absolute Gasteiger partial charge is 0.125 e. The molecule has 1 aromatic rings. The highest BCUT2D eigenvalue weighted by Crippen LogP contribution is 2.36. The lowest BCUT2D eigenvalue weighted by atomic mass is 9.76. The van der Waals surface area contributed by atoms with E-state index in [4.69, 9.17) is 9.47 Å². The molecule has 0 saturated heterocycles. The number of ether oxygens (including phenoxy) is 2. The van der Waals surface area contributed by atoms with Crippen molar-refractivity contribution in [3.8, 4) is 5.75 Å². The molecule has 3 heteroatoms. The summed E-state index contributed by atoms with van der Waals surface area (Å²) in [5.41, 5.74) is 1.26. The lowest BCUT2D eigenvalue weighted by Crippen LogP contribution is -2.27. The summed E-state index contributed by atoms with van der Waals surface area (Å²) < 4.78 is 11.5. The number of hydrogen-bond donors (Lipinski definition) is 1. The Labute approximate surface area is 128 Å². The summed E-state index contributed by atoms with van der Waals surface area (Å²) in [6.07, 6.45) is 4.24. The fourth-order valence-corrected chi connectivity index (χ4v) is 2.90. The second-order valence-corrected chi connectivity index (χ2v) is 6.68. The van der Waals surface area contributed by atoms with Gasteiger partial charge >= 0.3 is 0 Å². The van der Waals surface area contributed by atoms with Gasteiger partial charge in [-0.15, -0.1) is 0 Å². The van der Waals surface area contributed by atoms with Crippen molar-refractivity contribution >= 4 is 0 Å². The van der Waals surface area contributed by atoms with E-state index in [1.54, 1.807) is 0 Å². The van der Waals surface area contributed by atoms with Gasteiger partial charge in [0.25, 0.3) is 0 Å². The molecule has 1 N–H and O–H groups in total. The van der Waals surface area contributed by atoms with E-state index in [2.05, 4.69) is 13.8 Å². The van der Waals surface area contributed by atoms with Crippen molar-refractivity contribution in [3.63, 3.8) is 0 Å². The van der Waals surface area contributed by atoms with Crippen LogP contribution in [0.1, 0.15) is 58.1 Å². The summed E-state index contributed by atoms with van der Waals surface area (Å²) in [6, 6.07) is 7.64. The third-order valence-corrected chi connectivity index (χ3v) is 4.35. The molecule has 1 saturated carbocycles. The number of rotatable bonds is 6. The minimum Gasteiger partial charge on any atom is -0.493 e. The van der Waals surface area contributed by atoms with Crippen LogP contribution in [-0.4, -0.2) is 24.4 Å². The molecule has 2 rings (SSSR count). The number of hydrogen-bond acceptors (Lipinski definition) is 3. The Kier molecular flexibility index (Phi) is 5.65. The Morgan fingerprint density at radius 1 is 1.24 bits per heavy atom. The quantitative estimate of drug-likeness (QED) is 0.857. The molecule has 1 aromatic carbocycles. The molecular weight excluding hydrogens is 264 g/mol. The monoisotopic (exact) mass is 292 g/mol. The zero-order valence-corrected chi connectivity index (χ0v) is 13.5. The summed E-state index contributed by atoms with van der Waals surface area (Å²) in [6.45, 7) is 7.52. The fraction of sp³-hybridized carbons (Fsp3) is 0.667. The number of para-hydroxylation sites is 1. The molecule has 21 heavy (non-hydrogen) atoms. The fourth-order valence-electron chi connectivity index (χ4n) is 2.90. The minimum absolute atomic E-state index is 0.284. The van der Waals surface area contributed by atoms with Crippen LogP contribution in [0.15, 0.2) is 24.3 Å². The molecule has 0 amide bonds. The third kappa shape index (κ3) is 4.72. The van der Waals surface area contributed by atoms with Crippen LogP contribution in [-0.2, 0) is 4.74 Å². The maximum Gasteiger partial charge on any atom is 0.125 e. The van der Waals surface area contributed by atoms with E-state index in [0.717, 1.165) is 24.2 Å². The molecule has 1 atom stereocenters. The van der Waals surface area contributed by atoms with E-state index < -0.39 is 6.10 Å². The van der Waals surface area contributed by atoms with Crippen LogP contribution in [0.3, 0.4) is 0 Å². The van der Waals surface area contributed by atoms with Crippen molar-refractivity contribution in [1.82, 2.24) is 0 Å². The Morgan fingerprint density at radius 2 is 1.90 bits per heavy atom. The summed E-state index contributed by atoms with van der Waals surface area (Å²) in [4.78, 5) is 0. The van der Waals surface area contributed by atoms with E-state index >= 15 is 0 Å². The van der Waals surface area contributed by atoms with Crippen LogP contribution < -0.4 is 4.74 Å². The van der Waals surface area contributed by atoms with E-state index in [1.165, 1.54) is 12.8 Å². The van der Waals surface area contributed by atoms with Crippen molar-refractivity contribution in [3.05, 3.63) is 29.8 Å². The second-order valence-electron chi connectivity index (χ2n) is 6.68. The molecule has 1 fully saturated rings. The van der Waals surface area contributed by atoms with Gasteiger partial charge in [-0.05, 0) is 44.1 Å². The molecule has 118 valence electrons. The number of aliphatic hydroxyl groups is 1. The molecule has 0 bridgehead atoms. The third-order valence-electron chi connectivity index (χ3n) is 4.35. The van der Waals surface area contributed by atoms with Gasteiger partial charge in [-0.2, -0.15) is 0 Å². The van der Waals surface area contributed by atoms with Gasteiger partial charge in [-0.3, -0.25) is 0 Å². The highest BCUT2D eigenvalue weighted by atomic mass is 16.5. The summed E-state index contributed by atoms with van der Waals surface area (Å²) in [5, 5.41) is 10.4. The van der Waals surface area contributed by atoms with Gasteiger partial charge in [0.2, 0.25) is 0 Å². The van der Waals surface area contributed by atoms with Crippen LogP contribution in [0, 0.1) is 5.41 Å². The molecule has 1 aliphatic carbocycles. The van der Waals surface area contributed by atoms with Crippen molar-refractivity contribution in [2.75, 3.05) is 13.2 Å². The molecular formula is C18H28O3. The zero-order valence-electron chi connectivity index (χ0n) is 13.5. The first kappa shape index (κ1) is 16.3. The van der Waals surface area contributed by atoms with Crippen molar-refractivity contribution in [1.29, 1.82) is 0 Å². The SMILES string of the molecule is CCOc1ccccc1C(O)COC1CCC(C)(C)CC1. The van der Waals surface area contributed by atoms with Crippen molar-refractivity contribution in [2.45, 2.75) is 58.7 Å². The molecule has 0 radical (unpaired) electrons. The van der Waals surface area contributed by atoms with E-state index in [0.29, 0.717) is 18.6 Å². The first-order chi connectivity index (χ1) is 10.0. The number of benzene rings is 1. The van der Waals surface area contributed by atoms with Crippen LogP contribution in [0.4, 0.5) is 0 Å². The van der Waals surface area contributed by atoms with Crippen LogP contribution in [0.2, 0.25) is 0 Å². The average Bonchev–Trinajstić information content (AvgIpc) is 2.47. The standard InChI is InChI=1S/C18H28O3/c1-4-20-17-8-6-5-7-15(17)16(19)13-21-14-9-11-18(2,3)12-10-14/h5-8,14,16,19H,4,9-13H2,1-3H3. The molecule has 0 aliphatic heterocycles. The number of aliphatic hydroxyl groups excluding tert-OH is 1. The van der Waals surface area contributed by atoms with Crippen LogP contribution >= 0.6 is 0 Å². The lowest BCUT2D eigenvalue weighted by molar-refractivity contribution is -0.0385.